The van der Waals surface area contributed by atoms with Crippen LogP contribution in [0.4, 0.5) is 13.2 Å². The fourth-order valence-corrected chi connectivity index (χ4v) is 4.15. The average molecular weight is 391 g/mol. The number of hydrogen-bond acceptors (Lipinski definition) is 0. The lowest BCUT2D eigenvalue weighted by Crippen LogP contribution is -2.13. The van der Waals surface area contributed by atoms with E-state index in [1.807, 2.05) is 5.92 Å². The third-order valence-corrected chi connectivity index (χ3v) is 5.52. The minimum Gasteiger partial charge on any atom is -0.159 e. The van der Waals surface area contributed by atoms with Crippen LogP contribution in [0, 0.1) is 17.8 Å². The van der Waals surface area contributed by atoms with Crippen LogP contribution in [-0.4, -0.2) is 6.18 Å². The zero-order valence-electron chi connectivity index (χ0n) is 14.4. The normalized spacial score (nSPS) is 20.9. The second-order valence-corrected chi connectivity index (χ2v) is 7.64. The van der Waals surface area contributed by atoms with Crippen molar-refractivity contribution in [3.8, 4) is 11.8 Å². The summed E-state index contributed by atoms with van der Waals surface area (Å²) in [4.78, 5) is 0. The minimum absolute atomic E-state index is 0.0534. The molecule has 0 unspecified atom stereocenters. The Kier molecular flexibility index (Phi) is 7.52. The van der Waals surface area contributed by atoms with E-state index in [1.54, 1.807) is 12.1 Å². The van der Waals surface area contributed by atoms with Crippen LogP contribution in [0.5, 0.6) is 0 Å². The molecule has 0 amide bonds. The summed E-state index contributed by atoms with van der Waals surface area (Å²) in [5.74, 6) is 4.45. The van der Waals surface area contributed by atoms with Gasteiger partial charge in [0.25, 0.3) is 0 Å². The van der Waals surface area contributed by atoms with Gasteiger partial charge in [-0.15, -0.1) is 0 Å². The van der Waals surface area contributed by atoms with Crippen LogP contribution in [0.2, 0.25) is 10.0 Å². The van der Waals surface area contributed by atoms with Crippen molar-refractivity contribution in [1.29, 1.82) is 0 Å². The van der Waals surface area contributed by atoms with E-state index in [0.29, 0.717) is 5.92 Å². The highest BCUT2D eigenvalue weighted by atomic mass is 35.5. The molecule has 0 spiro atoms. The Morgan fingerprint density at radius 1 is 1.04 bits per heavy atom. The fraction of sp³-hybridized carbons (Fsp3) is 0.600. The van der Waals surface area contributed by atoms with Crippen LogP contribution in [0.1, 0.15) is 75.3 Å². The molecule has 0 radical (unpaired) electrons. The molecule has 1 aliphatic rings. The molecule has 25 heavy (non-hydrogen) atoms. The third kappa shape index (κ3) is 6.42. The van der Waals surface area contributed by atoms with Crippen molar-refractivity contribution < 1.29 is 13.2 Å². The zero-order chi connectivity index (χ0) is 18.4. The molecule has 1 fully saturated rings. The van der Waals surface area contributed by atoms with E-state index >= 15 is 0 Å². The Morgan fingerprint density at radius 3 is 2.16 bits per heavy atom. The summed E-state index contributed by atoms with van der Waals surface area (Å²) in [7, 11) is 0. The van der Waals surface area contributed by atoms with Crippen LogP contribution < -0.4 is 0 Å². The minimum atomic E-state index is -4.55. The maximum atomic E-state index is 12.3. The first-order chi connectivity index (χ1) is 11.8. The van der Waals surface area contributed by atoms with Crippen LogP contribution in [0.15, 0.2) is 12.1 Å². The molecule has 138 valence electrons. The lowest BCUT2D eigenvalue weighted by Gasteiger charge is -2.29. The van der Waals surface area contributed by atoms with Gasteiger partial charge in [0.1, 0.15) is 0 Å². The molecule has 0 saturated heterocycles. The van der Waals surface area contributed by atoms with Crippen LogP contribution in [0.3, 0.4) is 0 Å². The smallest absolute Gasteiger partial charge is 0.159 e. The molecule has 0 atom stereocenters. The molecule has 0 aromatic heterocycles. The highest BCUT2D eigenvalue weighted by molar-refractivity contribution is 6.36. The lowest BCUT2D eigenvalue weighted by atomic mass is 9.77. The summed E-state index contributed by atoms with van der Waals surface area (Å²) in [5.41, 5.74) is 1.07. The monoisotopic (exact) mass is 390 g/mol. The van der Waals surface area contributed by atoms with Gasteiger partial charge < -0.3 is 0 Å². The van der Waals surface area contributed by atoms with E-state index in [9.17, 15) is 13.2 Å². The summed E-state index contributed by atoms with van der Waals surface area (Å²) in [6.07, 6.45) is 5.14. The molecular formula is C20H23Cl2F3. The molecule has 0 N–H and O–H groups in total. The van der Waals surface area contributed by atoms with E-state index < -0.39 is 6.18 Å². The summed E-state index contributed by atoms with van der Waals surface area (Å²) in [6, 6.07) is 3.46. The van der Waals surface area contributed by atoms with Gasteiger partial charge in [-0.25, -0.2) is 0 Å². The highest BCUT2D eigenvalue weighted by Gasteiger charge is 2.25. The Balaban J connectivity index is 2.03. The van der Waals surface area contributed by atoms with Gasteiger partial charge in [0.15, 0.2) is 0 Å². The molecule has 5 heteroatoms. The fourth-order valence-electron chi connectivity index (χ4n) is 3.55. The topological polar surface area (TPSA) is 0 Å². The number of benzene rings is 1. The second kappa shape index (κ2) is 9.19. The van der Waals surface area contributed by atoms with Gasteiger partial charge in [-0.05, 0) is 55.2 Å². The SMILES string of the molecule is CCCCCC1CCC(c2cc(Cl)c(C#CC(F)(F)F)c(Cl)c2)CC1. The van der Waals surface area contributed by atoms with E-state index in [2.05, 4.69) is 6.92 Å². The van der Waals surface area contributed by atoms with Gasteiger partial charge in [0.2, 0.25) is 0 Å². The van der Waals surface area contributed by atoms with Gasteiger partial charge in [0, 0.05) is 5.92 Å². The first-order valence-corrected chi connectivity index (χ1v) is 9.64. The third-order valence-electron chi connectivity index (χ3n) is 4.93. The molecule has 1 aromatic rings. The maximum absolute atomic E-state index is 12.3. The molecule has 1 aliphatic carbocycles. The van der Waals surface area contributed by atoms with Gasteiger partial charge in [-0.2, -0.15) is 13.2 Å². The number of alkyl halides is 3. The molecule has 0 nitrogen and oxygen atoms in total. The average Bonchev–Trinajstić information content (AvgIpc) is 2.54. The Morgan fingerprint density at radius 2 is 1.64 bits per heavy atom. The summed E-state index contributed by atoms with van der Waals surface area (Å²) >= 11 is 12.3. The van der Waals surface area contributed by atoms with Gasteiger partial charge in [-0.1, -0.05) is 61.7 Å². The predicted molar refractivity (Wildman–Crippen MR) is 98.2 cm³/mol. The Bertz CT molecular complexity index is 610. The molecular weight excluding hydrogens is 368 g/mol. The standard InChI is InChI=1S/C20H23Cl2F3/c1-2-3-4-5-14-6-8-15(9-7-14)16-12-18(21)17(19(22)13-16)10-11-20(23,24)25/h12-15H,2-9H2,1H3. The first kappa shape index (κ1) is 20.5. The number of halogens is 5. The molecule has 0 bridgehead atoms. The van der Waals surface area contributed by atoms with E-state index in [1.165, 1.54) is 44.4 Å². The molecule has 0 heterocycles. The van der Waals surface area contributed by atoms with Crippen LogP contribution in [0.25, 0.3) is 0 Å². The number of unbranched alkanes of at least 4 members (excludes halogenated alkanes) is 2. The first-order valence-electron chi connectivity index (χ1n) is 8.89. The summed E-state index contributed by atoms with van der Waals surface area (Å²) < 4.78 is 36.8. The highest BCUT2D eigenvalue weighted by Crippen LogP contribution is 2.40. The lowest BCUT2D eigenvalue weighted by molar-refractivity contribution is -0.0696. The van der Waals surface area contributed by atoms with Crippen molar-refractivity contribution >= 4 is 23.2 Å². The van der Waals surface area contributed by atoms with Gasteiger partial charge in [-0.3, -0.25) is 0 Å². The molecule has 0 aliphatic heterocycles. The van der Waals surface area contributed by atoms with Crippen molar-refractivity contribution in [1.82, 2.24) is 0 Å². The quantitative estimate of drug-likeness (QED) is 0.355. The number of hydrogen-bond donors (Lipinski definition) is 0. The van der Waals surface area contributed by atoms with Crippen molar-refractivity contribution in [2.45, 2.75) is 70.4 Å². The van der Waals surface area contributed by atoms with Gasteiger partial charge in [0.05, 0.1) is 15.6 Å². The Hall–Kier alpha value is -0.850. The number of rotatable bonds is 5. The summed E-state index contributed by atoms with van der Waals surface area (Å²) in [5, 5.41) is 0.397. The summed E-state index contributed by atoms with van der Waals surface area (Å²) in [6.45, 7) is 2.22. The largest absolute Gasteiger partial charge is 0.458 e. The van der Waals surface area contributed by atoms with E-state index in [-0.39, 0.29) is 15.6 Å². The molecule has 1 saturated carbocycles. The van der Waals surface area contributed by atoms with Crippen LogP contribution >= 0.6 is 23.2 Å². The van der Waals surface area contributed by atoms with Crippen molar-refractivity contribution in [2.75, 3.05) is 0 Å². The van der Waals surface area contributed by atoms with Crippen molar-refractivity contribution in [3.63, 3.8) is 0 Å². The van der Waals surface area contributed by atoms with E-state index in [0.717, 1.165) is 24.3 Å². The van der Waals surface area contributed by atoms with E-state index in [4.69, 9.17) is 23.2 Å². The van der Waals surface area contributed by atoms with Crippen molar-refractivity contribution in [2.24, 2.45) is 5.92 Å². The molecule has 2 rings (SSSR count). The Labute approximate surface area is 158 Å². The van der Waals surface area contributed by atoms with Crippen molar-refractivity contribution in [3.05, 3.63) is 33.3 Å². The van der Waals surface area contributed by atoms with Crippen LogP contribution in [-0.2, 0) is 0 Å². The van der Waals surface area contributed by atoms with Gasteiger partial charge >= 0.3 is 6.18 Å². The second-order valence-electron chi connectivity index (χ2n) is 6.82. The zero-order valence-corrected chi connectivity index (χ0v) is 15.9. The maximum Gasteiger partial charge on any atom is 0.458 e. The predicted octanol–water partition coefficient (Wildman–Crippen LogP) is 7.76. The molecule has 1 aromatic carbocycles.